The lowest BCUT2D eigenvalue weighted by molar-refractivity contribution is 0.114. The van der Waals surface area contributed by atoms with Crippen molar-refractivity contribution in [1.29, 1.82) is 0 Å². The van der Waals surface area contributed by atoms with E-state index in [-0.39, 0.29) is 40.9 Å². The fraction of sp³-hybridized carbons (Fsp3) is 0.556. The molecule has 4 rings (SSSR count). The van der Waals surface area contributed by atoms with Gasteiger partial charge in [0, 0.05) is 25.7 Å². The summed E-state index contributed by atoms with van der Waals surface area (Å²) in [5.41, 5.74) is 0.779. The standard InChI is InChI=1S/C27H38N2O7S2/c1-20-7-4-5-9-25(20)29(19-21-10-15-26(34-2)27(17-21)35-3)38(32,33)24-13-11-23(12-14-24)37(30,31)28-18-22-8-6-16-36-22/h10-15,17,20,22,25,28H,4-9,16,18-19H2,1-3H3/t20-,22+,25-/m0/s1. The van der Waals surface area contributed by atoms with Crippen LogP contribution in [0.25, 0.3) is 0 Å². The first-order valence-electron chi connectivity index (χ1n) is 13.1. The summed E-state index contributed by atoms with van der Waals surface area (Å²) in [7, 11) is -4.61. The van der Waals surface area contributed by atoms with E-state index >= 15 is 0 Å². The van der Waals surface area contributed by atoms with Gasteiger partial charge in [-0.05, 0) is 73.6 Å². The highest BCUT2D eigenvalue weighted by Gasteiger charge is 2.36. The molecule has 0 bridgehead atoms. The number of benzene rings is 2. The Labute approximate surface area is 226 Å². The second-order valence-electron chi connectivity index (χ2n) is 10.0. The molecule has 1 aliphatic carbocycles. The second-order valence-corrected chi connectivity index (χ2v) is 13.7. The number of hydrogen-bond acceptors (Lipinski definition) is 7. The van der Waals surface area contributed by atoms with Crippen molar-refractivity contribution in [1.82, 2.24) is 9.03 Å². The predicted molar refractivity (Wildman–Crippen MR) is 144 cm³/mol. The molecule has 0 radical (unpaired) electrons. The molecule has 3 atom stereocenters. The summed E-state index contributed by atoms with van der Waals surface area (Å²) in [6, 6.07) is 10.7. The van der Waals surface area contributed by atoms with Crippen LogP contribution in [0.15, 0.2) is 52.3 Å². The van der Waals surface area contributed by atoms with Gasteiger partial charge in [-0.3, -0.25) is 0 Å². The molecule has 0 spiro atoms. The van der Waals surface area contributed by atoms with Crippen molar-refractivity contribution in [2.45, 2.75) is 73.9 Å². The summed E-state index contributed by atoms with van der Waals surface area (Å²) < 4.78 is 74.0. The van der Waals surface area contributed by atoms with Crippen molar-refractivity contribution in [2.24, 2.45) is 5.92 Å². The van der Waals surface area contributed by atoms with Gasteiger partial charge in [0.05, 0.1) is 30.1 Å². The van der Waals surface area contributed by atoms with E-state index in [1.54, 1.807) is 30.7 Å². The quantitative estimate of drug-likeness (QED) is 0.439. The van der Waals surface area contributed by atoms with E-state index in [1.165, 1.54) is 24.3 Å². The molecule has 2 aromatic carbocycles. The van der Waals surface area contributed by atoms with Crippen LogP contribution < -0.4 is 14.2 Å². The molecule has 1 N–H and O–H groups in total. The van der Waals surface area contributed by atoms with Crippen LogP contribution >= 0.6 is 0 Å². The van der Waals surface area contributed by atoms with Gasteiger partial charge in [0.15, 0.2) is 11.5 Å². The van der Waals surface area contributed by atoms with E-state index in [2.05, 4.69) is 11.6 Å². The fourth-order valence-corrected chi connectivity index (χ4v) is 8.09. The van der Waals surface area contributed by atoms with Gasteiger partial charge < -0.3 is 14.2 Å². The van der Waals surface area contributed by atoms with Crippen LogP contribution in [-0.2, 0) is 31.3 Å². The van der Waals surface area contributed by atoms with E-state index in [1.807, 2.05) is 6.07 Å². The summed E-state index contributed by atoms with van der Waals surface area (Å²) in [6.07, 6.45) is 5.36. The van der Waals surface area contributed by atoms with Crippen molar-refractivity contribution in [3.63, 3.8) is 0 Å². The molecule has 11 heteroatoms. The zero-order chi connectivity index (χ0) is 27.3. The van der Waals surface area contributed by atoms with Gasteiger partial charge in [0.2, 0.25) is 20.0 Å². The number of ether oxygens (including phenoxy) is 3. The van der Waals surface area contributed by atoms with Crippen LogP contribution in [0.2, 0.25) is 0 Å². The first-order chi connectivity index (χ1) is 18.2. The second kappa shape index (κ2) is 12.3. The third-order valence-electron chi connectivity index (χ3n) is 7.49. The Bertz CT molecular complexity index is 1290. The summed E-state index contributed by atoms with van der Waals surface area (Å²) in [4.78, 5) is 0.0840. The highest BCUT2D eigenvalue weighted by atomic mass is 32.2. The largest absolute Gasteiger partial charge is 0.493 e. The molecule has 2 aliphatic rings. The average Bonchev–Trinajstić information content (AvgIpc) is 3.45. The number of nitrogens with zero attached hydrogens (tertiary/aromatic N) is 1. The molecule has 1 aliphatic heterocycles. The minimum Gasteiger partial charge on any atom is -0.493 e. The van der Waals surface area contributed by atoms with Gasteiger partial charge in [-0.1, -0.05) is 25.8 Å². The van der Waals surface area contributed by atoms with Crippen LogP contribution in [0.3, 0.4) is 0 Å². The third kappa shape index (κ3) is 6.51. The average molecular weight is 567 g/mol. The van der Waals surface area contributed by atoms with Gasteiger partial charge in [0.1, 0.15) is 0 Å². The van der Waals surface area contributed by atoms with Crippen molar-refractivity contribution in [3.05, 3.63) is 48.0 Å². The molecule has 38 heavy (non-hydrogen) atoms. The van der Waals surface area contributed by atoms with Crippen molar-refractivity contribution in [2.75, 3.05) is 27.4 Å². The number of rotatable bonds is 11. The first kappa shape index (κ1) is 28.8. The summed E-state index contributed by atoms with van der Waals surface area (Å²) in [6.45, 7) is 3.09. The SMILES string of the molecule is COc1ccc(CN([C@H]2CCCC[C@@H]2C)S(=O)(=O)c2ccc(S(=O)(=O)NC[C@H]3CCCO3)cc2)cc1OC. The topological polar surface area (TPSA) is 111 Å². The maximum atomic E-state index is 14.0. The summed E-state index contributed by atoms with van der Waals surface area (Å²) in [5.74, 6) is 1.30. The fourth-order valence-electron chi connectivity index (χ4n) is 5.28. The smallest absolute Gasteiger partial charge is 0.243 e. The minimum absolute atomic E-state index is 0.0203. The summed E-state index contributed by atoms with van der Waals surface area (Å²) in [5, 5.41) is 0. The molecule has 0 aromatic heterocycles. The molecule has 2 aromatic rings. The van der Waals surface area contributed by atoms with Crippen molar-refractivity contribution >= 4 is 20.0 Å². The maximum absolute atomic E-state index is 14.0. The van der Waals surface area contributed by atoms with Gasteiger partial charge in [-0.25, -0.2) is 21.6 Å². The highest BCUT2D eigenvalue weighted by Crippen LogP contribution is 2.35. The van der Waals surface area contributed by atoms with Crippen LogP contribution in [0, 0.1) is 5.92 Å². The molecule has 9 nitrogen and oxygen atoms in total. The number of sulfonamides is 2. The predicted octanol–water partition coefficient (Wildman–Crippen LogP) is 3.93. The van der Waals surface area contributed by atoms with E-state index < -0.39 is 20.0 Å². The Kier molecular flexibility index (Phi) is 9.36. The van der Waals surface area contributed by atoms with Gasteiger partial charge >= 0.3 is 0 Å². The van der Waals surface area contributed by atoms with E-state index in [4.69, 9.17) is 14.2 Å². The highest BCUT2D eigenvalue weighted by molar-refractivity contribution is 7.89. The molecule has 1 heterocycles. The molecule has 210 valence electrons. The van der Waals surface area contributed by atoms with Crippen LogP contribution in [0.4, 0.5) is 0 Å². The molecule has 0 unspecified atom stereocenters. The van der Waals surface area contributed by atoms with E-state index in [9.17, 15) is 16.8 Å². The summed E-state index contributed by atoms with van der Waals surface area (Å²) >= 11 is 0. The van der Waals surface area contributed by atoms with Gasteiger partial charge in [-0.15, -0.1) is 0 Å². The Hall–Kier alpha value is -2.18. The zero-order valence-electron chi connectivity index (χ0n) is 22.3. The molecule has 2 fully saturated rings. The lowest BCUT2D eigenvalue weighted by atomic mass is 9.86. The lowest BCUT2D eigenvalue weighted by Crippen LogP contribution is -2.44. The molecule has 1 saturated heterocycles. The minimum atomic E-state index is -3.93. The zero-order valence-corrected chi connectivity index (χ0v) is 23.9. The third-order valence-corrected chi connectivity index (χ3v) is 10.8. The van der Waals surface area contributed by atoms with Crippen LogP contribution in [0.5, 0.6) is 11.5 Å². The van der Waals surface area contributed by atoms with Crippen LogP contribution in [0.1, 0.15) is 51.0 Å². The van der Waals surface area contributed by atoms with Gasteiger partial charge in [0.25, 0.3) is 0 Å². The Morgan fingerprint density at radius 2 is 1.58 bits per heavy atom. The Balaban J connectivity index is 1.60. The number of hydrogen-bond donors (Lipinski definition) is 1. The maximum Gasteiger partial charge on any atom is 0.243 e. The molecular formula is C27H38N2O7S2. The van der Waals surface area contributed by atoms with Gasteiger partial charge in [-0.2, -0.15) is 4.31 Å². The molecule has 1 saturated carbocycles. The van der Waals surface area contributed by atoms with Crippen LogP contribution in [-0.4, -0.2) is 60.7 Å². The molecular weight excluding hydrogens is 528 g/mol. The number of methoxy groups -OCH3 is 2. The van der Waals surface area contributed by atoms with Crippen molar-refractivity contribution in [3.8, 4) is 11.5 Å². The Morgan fingerprint density at radius 1 is 0.895 bits per heavy atom. The van der Waals surface area contributed by atoms with Crippen molar-refractivity contribution < 1.29 is 31.0 Å². The number of nitrogens with one attached hydrogen (secondary N) is 1. The normalized spacial score (nSPS) is 22.5. The monoisotopic (exact) mass is 566 g/mol. The lowest BCUT2D eigenvalue weighted by Gasteiger charge is -2.38. The van der Waals surface area contributed by atoms with E-state index in [0.717, 1.165) is 44.1 Å². The van der Waals surface area contributed by atoms with E-state index in [0.29, 0.717) is 18.1 Å². The molecule has 0 amide bonds. The Morgan fingerprint density at radius 3 is 2.21 bits per heavy atom. The first-order valence-corrected chi connectivity index (χ1v) is 16.0.